The lowest BCUT2D eigenvalue weighted by Crippen LogP contribution is -2.40. The summed E-state index contributed by atoms with van der Waals surface area (Å²) in [6.07, 6.45) is 0.803. The molecule has 1 aromatic rings. The Hall–Kier alpha value is -0.600. The molecule has 0 fully saturated rings. The summed E-state index contributed by atoms with van der Waals surface area (Å²) in [4.78, 5) is 0. The van der Waals surface area contributed by atoms with E-state index in [-0.39, 0.29) is 11.4 Å². The standard InChI is InChI=1S/C16H25ClFN/c1-11(2)13(10-19-16(3,4)5)8-12-9-14(18)6-7-15(12)17/h6-7,9,11,13,19H,8,10H2,1-5H3. The van der Waals surface area contributed by atoms with Crippen molar-refractivity contribution >= 4 is 11.6 Å². The van der Waals surface area contributed by atoms with Crippen molar-refractivity contribution < 1.29 is 4.39 Å². The van der Waals surface area contributed by atoms with E-state index in [1.54, 1.807) is 12.1 Å². The Morgan fingerprint density at radius 2 is 1.89 bits per heavy atom. The van der Waals surface area contributed by atoms with Crippen molar-refractivity contribution in [3.05, 3.63) is 34.6 Å². The quantitative estimate of drug-likeness (QED) is 0.828. The lowest BCUT2D eigenvalue weighted by atomic mass is 9.88. The molecule has 0 aromatic heterocycles. The van der Waals surface area contributed by atoms with Gasteiger partial charge in [0.05, 0.1) is 0 Å². The second-order valence-corrected chi connectivity index (χ2v) is 6.98. The second-order valence-electron chi connectivity index (χ2n) is 6.57. The molecule has 0 aliphatic carbocycles. The van der Waals surface area contributed by atoms with Gasteiger partial charge >= 0.3 is 0 Å². The molecule has 0 spiro atoms. The fraction of sp³-hybridized carbons (Fsp3) is 0.625. The summed E-state index contributed by atoms with van der Waals surface area (Å²) in [5, 5.41) is 4.18. The number of benzene rings is 1. The number of rotatable bonds is 5. The van der Waals surface area contributed by atoms with E-state index in [0.717, 1.165) is 18.5 Å². The van der Waals surface area contributed by atoms with Crippen molar-refractivity contribution in [1.82, 2.24) is 5.32 Å². The molecular formula is C16H25ClFN. The zero-order valence-corrected chi connectivity index (χ0v) is 13.3. The van der Waals surface area contributed by atoms with Crippen LogP contribution >= 0.6 is 11.6 Å². The van der Waals surface area contributed by atoms with Gasteiger partial charge in [-0.15, -0.1) is 0 Å². The summed E-state index contributed by atoms with van der Waals surface area (Å²) >= 11 is 6.15. The van der Waals surface area contributed by atoms with Gasteiger partial charge in [0.25, 0.3) is 0 Å². The van der Waals surface area contributed by atoms with Crippen molar-refractivity contribution in [3.63, 3.8) is 0 Å². The Balaban J connectivity index is 2.75. The summed E-state index contributed by atoms with van der Waals surface area (Å²) < 4.78 is 13.3. The first kappa shape index (κ1) is 16.5. The predicted molar refractivity (Wildman–Crippen MR) is 81.2 cm³/mol. The topological polar surface area (TPSA) is 12.0 Å². The molecule has 1 atom stereocenters. The first-order chi connectivity index (χ1) is 8.69. The third-order valence-electron chi connectivity index (χ3n) is 3.33. The summed E-state index contributed by atoms with van der Waals surface area (Å²) in [5.41, 5.74) is 0.995. The highest BCUT2D eigenvalue weighted by molar-refractivity contribution is 6.31. The molecule has 0 saturated carbocycles. The molecule has 0 amide bonds. The Kier molecular flexibility index (Phi) is 5.82. The fourth-order valence-electron chi connectivity index (χ4n) is 1.96. The zero-order valence-electron chi connectivity index (χ0n) is 12.6. The maximum atomic E-state index is 13.3. The van der Waals surface area contributed by atoms with Crippen molar-refractivity contribution in [3.8, 4) is 0 Å². The van der Waals surface area contributed by atoms with Crippen LogP contribution in [0.3, 0.4) is 0 Å². The minimum absolute atomic E-state index is 0.0961. The third kappa shape index (κ3) is 5.92. The monoisotopic (exact) mass is 285 g/mol. The first-order valence-corrected chi connectivity index (χ1v) is 7.26. The second kappa shape index (κ2) is 6.71. The van der Waals surface area contributed by atoms with Crippen molar-refractivity contribution in [1.29, 1.82) is 0 Å². The minimum Gasteiger partial charge on any atom is -0.312 e. The summed E-state index contributed by atoms with van der Waals surface area (Å²) in [6, 6.07) is 4.60. The van der Waals surface area contributed by atoms with Gasteiger partial charge in [-0.2, -0.15) is 0 Å². The van der Waals surface area contributed by atoms with E-state index in [2.05, 4.69) is 39.9 Å². The summed E-state index contributed by atoms with van der Waals surface area (Å²) in [6.45, 7) is 11.8. The van der Waals surface area contributed by atoms with Crippen molar-refractivity contribution in [2.24, 2.45) is 11.8 Å². The van der Waals surface area contributed by atoms with Crippen LogP contribution in [0.2, 0.25) is 5.02 Å². The molecule has 3 heteroatoms. The third-order valence-corrected chi connectivity index (χ3v) is 3.70. The Bertz CT molecular complexity index is 410. The van der Waals surface area contributed by atoms with Crippen LogP contribution < -0.4 is 5.32 Å². The lowest BCUT2D eigenvalue weighted by Gasteiger charge is -2.28. The van der Waals surface area contributed by atoms with Gasteiger partial charge < -0.3 is 5.32 Å². The van der Waals surface area contributed by atoms with Crippen LogP contribution in [0.15, 0.2) is 18.2 Å². The van der Waals surface area contributed by atoms with Crippen LogP contribution in [0.25, 0.3) is 0 Å². The summed E-state index contributed by atoms with van der Waals surface area (Å²) in [7, 11) is 0. The largest absolute Gasteiger partial charge is 0.312 e. The Labute approximate surface area is 121 Å². The molecule has 0 aliphatic rings. The molecule has 1 aromatic carbocycles. The lowest BCUT2D eigenvalue weighted by molar-refractivity contribution is 0.312. The van der Waals surface area contributed by atoms with Gasteiger partial charge in [-0.25, -0.2) is 4.39 Å². The Morgan fingerprint density at radius 3 is 2.42 bits per heavy atom. The van der Waals surface area contributed by atoms with E-state index >= 15 is 0 Å². The van der Waals surface area contributed by atoms with Crippen LogP contribution in [-0.2, 0) is 6.42 Å². The maximum Gasteiger partial charge on any atom is 0.123 e. The molecule has 0 saturated heterocycles. The SMILES string of the molecule is CC(C)C(CNC(C)(C)C)Cc1cc(F)ccc1Cl. The zero-order chi connectivity index (χ0) is 14.6. The van der Waals surface area contributed by atoms with E-state index in [0.29, 0.717) is 16.9 Å². The van der Waals surface area contributed by atoms with Gasteiger partial charge in [0.1, 0.15) is 5.82 Å². The van der Waals surface area contributed by atoms with Crippen LogP contribution in [0, 0.1) is 17.7 Å². The van der Waals surface area contributed by atoms with Crippen LogP contribution in [-0.4, -0.2) is 12.1 Å². The highest BCUT2D eigenvalue weighted by atomic mass is 35.5. The summed E-state index contributed by atoms with van der Waals surface area (Å²) in [5.74, 6) is 0.749. The normalized spacial score (nSPS) is 13.9. The van der Waals surface area contributed by atoms with Gasteiger partial charge in [0.15, 0.2) is 0 Å². The van der Waals surface area contributed by atoms with E-state index in [1.807, 2.05) is 0 Å². The average molecular weight is 286 g/mol. The number of hydrogen-bond acceptors (Lipinski definition) is 1. The number of nitrogens with one attached hydrogen (secondary N) is 1. The molecule has 0 radical (unpaired) electrons. The average Bonchev–Trinajstić information content (AvgIpc) is 2.27. The van der Waals surface area contributed by atoms with E-state index in [1.165, 1.54) is 6.07 Å². The van der Waals surface area contributed by atoms with Gasteiger partial charge in [0.2, 0.25) is 0 Å². The van der Waals surface area contributed by atoms with E-state index in [9.17, 15) is 4.39 Å². The maximum absolute atomic E-state index is 13.3. The highest BCUT2D eigenvalue weighted by Gasteiger charge is 2.19. The number of hydrogen-bond donors (Lipinski definition) is 1. The van der Waals surface area contributed by atoms with Gasteiger partial charge in [0, 0.05) is 10.6 Å². The van der Waals surface area contributed by atoms with Gasteiger partial charge in [-0.05, 0) is 69.3 Å². The molecule has 108 valence electrons. The molecule has 0 heterocycles. The van der Waals surface area contributed by atoms with Crippen LogP contribution in [0.5, 0.6) is 0 Å². The van der Waals surface area contributed by atoms with Crippen LogP contribution in [0.4, 0.5) is 4.39 Å². The predicted octanol–water partition coefficient (Wildman–Crippen LogP) is 4.68. The molecule has 1 nitrogen and oxygen atoms in total. The molecule has 0 bridgehead atoms. The van der Waals surface area contributed by atoms with E-state index < -0.39 is 0 Å². The minimum atomic E-state index is -0.217. The fourth-order valence-corrected chi connectivity index (χ4v) is 2.16. The molecule has 1 N–H and O–H groups in total. The van der Waals surface area contributed by atoms with Gasteiger partial charge in [-0.3, -0.25) is 0 Å². The number of halogens is 2. The smallest absolute Gasteiger partial charge is 0.123 e. The highest BCUT2D eigenvalue weighted by Crippen LogP contribution is 2.24. The van der Waals surface area contributed by atoms with E-state index in [4.69, 9.17) is 11.6 Å². The van der Waals surface area contributed by atoms with Crippen molar-refractivity contribution in [2.45, 2.75) is 46.6 Å². The molecule has 1 rings (SSSR count). The molecule has 0 aliphatic heterocycles. The van der Waals surface area contributed by atoms with Crippen LogP contribution in [0.1, 0.15) is 40.2 Å². The molecule has 1 unspecified atom stereocenters. The Morgan fingerprint density at radius 1 is 1.26 bits per heavy atom. The molecular weight excluding hydrogens is 261 g/mol. The molecule has 19 heavy (non-hydrogen) atoms. The first-order valence-electron chi connectivity index (χ1n) is 6.88. The van der Waals surface area contributed by atoms with Crippen molar-refractivity contribution in [2.75, 3.05) is 6.54 Å². The van der Waals surface area contributed by atoms with Gasteiger partial charge in [-0.1, -0.05) is 25.4 Å².